The topological polar surface area (TPSA) is 25.2 Å². The van der Waals surface area contributed by atoms with Crippen molar-refractivity contribution in [2.45, 2.75) is 19.6 Å². The molecule has 0 spiro atoms. The molecule has 2 nitrogen and oxygen atoms in total. The van der Waals surface area contributed by atoms with Crippen LogP contribution in [-0.4, -0.2) is 15.8 Å². The van der Waals surface area contributed by atoms with Crippen LogP contribution >= 0.6 is 11.6 Å². The van der Waals surface area contributed by atoms with Crippen LogP contribution in [0, 0.1) is 0 Å². The van der Waals surface area contributed by atoms with E-state index in [-0.39, 0.29) is 6.10 Å². The van der Waals surface area contributed by atoms with Crippen molar-refractivity contribution >= 4 is 22.5 Å². The maximum atomic E-state index is 9.30. The Kier molecular flexibility index (Phi) is 2.48. The average Bonchev–Trinajstić information content (AvgIpc) is 2.47. The van der Waals surface area contributed by atoms with Gasteiger partial charge < -0.3 is 9.67 Å². The average molecular weight is 210 g/mol. The lowest BCUT2D eigenvalue weighted by atomic mass is 10.2. The molecule has 14 heavy (non-hydrogen) atoms. The number of aliphatic hydroxyl groups is 1. The van der Waals surface area contributed by atoms with E-state index in [4.69, 9.17) is 11.6 Å². The van der Waals surface area contributed by atoms with Gasteiger partial charge in [-0.2, -0.15) is 0 Å². The molecular formula is C11H12ClNO. The first-order valence-corrected chi connectivity index (χ1v) is 4.97. The van der Waals surface area contributed by atoms with Gasteiger partial charge in [-0.05, 0) is 30.5 Å². The van der Waals surface area contributed by atoms with Gasteiger partial charge >= 0.3 is 0 Å². The lowest BCUT2D eigenvalue weighted by molar-refractivity contribution is 0.175. The molecule has 0 saturated carbocycles. The normalized spacial score (nSPS) is 13.4. The van der Waals surface area contributed by atoms with Crippen molar-refractivity contribution in [3.63, 3.8) is 0 Å². The highest BCUT2D eigenvalue weighted by Crippen LogP contribution is 2.20. The molecule has 0 radical (unpaired) electrons. The summed E-state index contributed by atoms with van der Waals surface area (Å²) in [6, 6.07) is 7.79. The second-order valence-electron chi connectivity index (χ2n) is 3.52. The molecule has 0 aliphatic rings. The van der Waals surface area contributed by atoms with Crippen LogP contribution in [0.25, 0.3) is 10.9 Å². The van der Waals surface area contributed by atoms with Crippen molar-refractivity contribution in [2.75, 3.05) is 0 Å². The first kappa shape index (κ1) is 9.56. The van der Waals surface area contributed by atoms with Gasteiger partial charge in [0, 0.05) is 23.3 Å². The first-order chi connectivity index (χ1) is 6.66. The van der Waals surface area contributed by atoms with Crippen LogP contribution in [0.1, 0.15) is 6.92 Å². The van der Waals surface area contributed by atoms with E-state index in [0.29, 0.717) is 6.54 Å². The van der Waals surface area contributed by atoms with Crippen molar-refractivity contribution in [1.82, 2.24) is 4.57 Å². The van der Waals surface area contributed by atoms with E-state index < -0.39 is 0 Å². The molecule has 0 amide bonds. The molecular weight excluding hydrogens is 198 g/mol. The molecule has 1 atom stereocenters. The van der Waals surface area contributed by atoms with Crippen LogP contribution < -0.4 is 0 Å². The molecule has 1 unspecified atom stereocenters. The molecule has 1 aromatic carbocycles. The number of nitrogens with zero attached hydrogens (tertiary/aromatic N) is 1. The Morgan fingerprint density at radius 2 is 2.21 bits per heavy atom. The van der Waals surface area contributed by atoms with Gasteiger partial charge in [-0.3, -0.25) is 0 Å². The van der Waals surface area contributed by atoms with E-state index in [1.165, 1.54) is 0 Å². The molecule has 0 aliphatic carbocycles. The van der Waals surface area contributed by atoms with Gasteiger partial charge in [-0.1, -0.05) is 17.7 Å². The summed E-state index contributed by atoms with van der Waals surface area (Å²) in [5.41, 5.74) is 1.07. The second kappa shape index (κ2) is 3.64. The third kappa shape index (κ3) is 1.76. The number of benzene rings is 1. The fourth-order valence-electron chi connectivity index (χ4n) is 1.60. The highest BCUT2D eigenvalue weighted by molar-refractivity contribution is 6.31. The summed E-state index contributed by atoms with van der Waals surface area (Å²) in [5, 5.41) is 11.2. The van der Waals surface area contributed by atoms with Crippen LogP contribution in [0.2, 0.25) is 5.02 Å². The van der Waals surface area contributed by atoms with Gasteiger partial charge in [-0.25, -0.2) is 0 Å². The maximum absolute atomic E-state index is 9.30. The molecule has 2 aromatic rings. The zero-order chi connectivity index (χ0) is 10.1. The molecule has 74 valence electrons. The fourth-order valence-corrected chi connectivity index (χ4v) is 1.77. The van der Waals surface area contributed by atoms with E-state index in [1.54, 1.807) is 6.92 Å². The number of aromatic nitrogens is 1. The van der Waals surface area contributed by atoms with Crippen molar-refractivity contribution in [2.24, 2.45) is 0 Å². The van der Waals surface area contributed by atoms with Gasteiger partial charge in [0.05, 0.1) is 6.10 Å². The highest BCUT2D eigenvalue weighted by atomic mass is 35.5. The summed E-state index contributed by atoms with van der Waals surface area (Å²) in [4.78, 5) is 0. The number of aliphatic hydroxyl groups excluding tert-OH is 1. The van der Waals surface area contributed by atoms with Crippen molar-refractivity contribution in [1.29, 1.82) is 0 Å². The monoisotopic (exact) mass is 209 g/mol. The zero-order valence-electron chi connectivity index (χ0n) is 7.94. The van der Waals surface area contributed by atoms with E-state index in [2.05, 4.69) is 0 Å². The summed E-state index contributed by atoms with van der Waals surface area (Å²) in [6.07, 6.45) is 1.62. The zero-order valence-corrected chi connectivity index (χ0v) is 8.70. The van der Waals surface area contributed by atoms with Crippen molar-refractivity contribution in [3.8, 4) is 0 Å². The summed E-state index contributed by atoms with van der Waals surface area (Å²) < 4.78 is 2.01. The van der Waals surface area contributed by atoms with Crippen LogP contribution in [0.15, 0.2) is 30.5 Å². The molecule has 1 heterocycles. The van der Waals surface area contributed by atoms with Crippen LogP contribution in [0.3, 0.4) is 0 Å². The Morgan fingerprint density at radius 3 is 2.93 bits per heavy atom. The summed E-state index contributed by atoms with van der Waals surface area (Å²) in [5.74, 6) is 0. The Hall–Kier alpha value is -0.990. The fraction of sp³-hybridized carbons (Fsp3) is 0.273. The Labute approximate surface area is 87.7 Å². The number of halogens is 1. The van der Waals surface area contributed by atoms with Gasteiger partial charge in [0.2, 0.25) is 0 Å². The minimum atomic E-state index is -0.343. The Balaban J connectivity index is 2.50. The molecule has 3 heteroatoms. The lowest BCUT2D eigenvalue weighted by Crippen LogP contribution is -2.10. The molecule has 0 bridgehead atoms. The first-order valence-electron chi connectivity index (χ1n) is 4.59. The minimum Gasteiger partial charge on any atom is -0.392 e. The largest absolute Gasteiger partial charge is 0.392 e. The third-order valence-electron chi connectivity index (χ3n) is 2.20. The predicted octanol–water partition coefficient (Wildman–Crippen LogP) is 2.68. The quantitative estimate of drug-likeness (QED) is 0.809. The van der Waals surface area contributed by atoms with Crippen LogP contribution in [-0.2, 0) is 6.54 Å². The second-order valence-corrected chi connectivity index (χ2v) is 3.96. The number of hydrogen-bond acceptors (Lipinski definition) is 1. The number of rotatable bonds is 2. The van der Waals surface area contributed by atoms with Crippen LogP contribution in [0.5, 0.6) is 0 Å². The smallest absolute Gasteiger partial charge is 0.0691 e. The SMILES string of the molecule is CC(O)Cn1ccc2ccc(Cl)cc21. The van der Waals surface area contributed by atoms with E-state index in [0.717, 1.165) is 15.9 Å². The minimum absolute atomic E-state index is 0.343. The van der Waals surface area contributed by atoms with Gasteiger partial charge in [0.1, 0.15) is 0 Å². The van der Waals surface area contributed by atoms with E-state index in [9.17, 15) is 5.11 Å². The van der Waals surface area contributed by atoms with Crippen molar-refractivity contribution in [3.05, 3.63) is 35.5 Å². The molecule has 0 aliphatic heterocycles. The predicted molar refractivity (Wildman–Crippen MR) is 58.6 cm³/mol. The van der Waals surface area contributed by atoms with E-state index >= 15 is 0 Å². The number of fused-ring (bicyclic) bond motifs is 1. The molecule has 0 saturated heterocycles. The lowest BCUT2D eigenvalue weighted by Gasteiger charge is -2.07. The standard InChI is InChI=1S/C11H12ClNO/c1-8(14)7-13-5-4-9-2-3-10(12)6-11(9)13/h2-6,8,14H,7H2,1H3. The number of hydrogen-bond donors (Lipinski definition) is 1. The van der Waals surface area contributed by atoms with Gasteiger partial charge in [0.15, 0.2) is 0 Å². The summed E-state index contributed by atoms with van der Waals surface area (Å²) >= 11 is 5.91. The highest BCUT2D eigenvalue weighted by Gasteiger charge is 2.03. The third-order valence-corrected chi connectivity index (χ3v) is 2.43. The Morgan fingerprint density at radius 1 is 1.43 bits per heavy atom. The summed E-state index contributed by atoms with van der Waals surface area (Å²) in [7, 11) is 0. The molecule has 1 N–H and O–H groups in total. The van der Waals surface area contributed by atoms with Gasteiger partial charge in [0.25, 0.3) is 0 Å². The Bertz CT molecular complexity index is 447. The van der Waals surface area contributed by atoms with Gasteiger partial charge in [-0.15, -0.1) is 0 Å². The van der Waals surface area contributed by atoms with Crippen LogP contribution in [0.4, 0.5) is 0 Å². The molecule has 1 aromatic heterocycles. The molecule has 0 fully saturated rings. The molecule has 2 rings (SSSR count). The summed E-state index contributed by atoms with van der Waals surface area (Å²) in [6.45, 7) is 2.38. The maximum Gasteiger partial charge on any atom is 0.0691 e. The van der Waals surface area contributed by atoms with E-state index in [1.807, 2.05) is 35.0 Å². The van der Waals surface area contributed by atoms with Crippen molar-refractivity contribution < 1.29 is 5.11 Å².